The van der Waals surface area contributed by atoms with E-state index in [2.05, 4.69) is 74.5 Å². The summed E-state index contributed by atoms with van der Waals surface area (Å²) in [4.78, 5) is 13.7. The van der Waals surface area contributed by atoms with Crippen LogP contribution in [0, 0.1) is 43.7 Å². The standard InChI is InChI=1S/C45H49F2N7OS/c1-26-28(3)56-44-40(26)42(48-27(2)43-50-49-29(4)54(43)44)31-8-10-33(11-9-31)53-24-45(25-53)21-30(22-45)23-51-14-16-52(17-15-51)34-19-38(46)41(39(47)20-34)37-7-5-6-32-18-35(55)12-13-36(32)37/h8-13,18-20,27,30,37,55H,5-7,14-17,21-25H2,1-4H3/t27-,37+/m0/s1. The second kappa shape index (κ2) is 13.5. The Kier molecular flexibility index (Phi) is 8.63. The molecule has 10 rings (SSSR count). The second-order valence-corrected chi connectivity index (χ2v) is 18.4. The van der Waals surface area contributed by atoms with Crippen LogP contribution in [0.4, 0.5) is 20.2 Å². The van der Waals surface area contributed by atoms with Crippen LogP contribution in [-0.4, -0.2) is 76.3 Å². The molecule has 1 saturated carbocycles. The molecule has 5 heterocycles. The maximum absolute atomic E-state index is 15.7. The van der Waals surface area contributed by atoms with E-state index >= 15 is 8.78 Å². The maximum Gasteiger partial charge on any atom is 0.162 e. The molecule has 2 saturated heterocycles. The molecule has 8 nitrogen and oxygen atoms in total. The van der Waals surface area contributed by atoms with Gasteiger partial charge in [-0.15, -0.1) is 21.5 Å². The highest BCUT2D eigenvalue weighted by molar-refractivity contribution is 7.15. The predicted molar refractivity (Wildman–Crippen MR) is 219 cm³/mol. The molecule has 3 fully saturated rings. The molecule has 0 amide bonds. The molecule has 11 heteroatoms. The van der Waals surface area contributed by atoms with Crippen molar-refractivity contribution in [3.8, 4) is 10.8 Å². The number of thiophene rings is 1. The lowest BCUT2D eigenvalue weighted by molar-refractivity contribution is 0.00322. The molecule has 2 aliphatic carbocycles. The van der Waals surface area contributed by atoms with Crippen LogP contribution >= 0.6 is 11.3 Å². The van der Waals surface area contributed by atoms with Gasteiger partial charge in [-0.05, 0) is 119 Å². The number of phenolic OH excluding ortho intramolecular Hbond substituents is 1. The Morgan fingerprint density at radius 2 is 1.61 bits per heavy atom. The van der Waals surface area contributed by atoms with Crippen molar-refractivity contribution in [2.24, 2.45) is 16.3 Å². The number of hydrogen-bond donors (Lipinski definition) is 1. The zero-order valence-corrected chi connectivity index (χ0v) is 33.5. The number of rotatable bonds is 6. The summed E-state index contributed by atoms with van der Waals surface area (Å²) in [5, 5.41) is 20.0. The summed E-state index contributed by atoms with van der Waals surface area (Å²) in [5.74, 6) is 1.44. The van der Waals surface area contributed by atoms with Crippen LogP contribution in [0.2, 0.25) is 0 Å². The Bertz CT molecular complexity index is 2340. The Hall–Kier alpha value is -4.61. The Morgan fingerprint density at radius 3 is 2.34 bits per heavy atom. The summed E-state index contributed by atoms with van der Waals surface area (Å²) in [6.45, 7) is 15.2. The van der Waals surface area contributed by atoms with Gasteiger partial charge in [0, 0.05) is 90.1 Å². The molecule has 0 bridgehead atoms. The number of aryl methyl sites for hydroxylation is 3. The third-order valence-corrected chi connectivity index (χ3v) is 14.7. The largest absolute Gasteiger partial charge is 0.508 e. The van der Waals surface area contributed by atoms with Gasteiger partial charge in [-0.1, -0.05) is 18.2 Å². The number of aromatic hydroxyl groups is 1. The maximum atomic E-state index is 15.7. The molecule has 56 heavy (non-hydrogen) atoms. The van der Waals surface area contributed by atoms with Gasteiger partial charge < -0.3 is 14.9 Å². The summed E-state index contributed by atoms with van der Waals surface area (Å²) in [7, 11) is 0. The van der Waals surface area contributed by atoms with Crippen LogP contribution in [0.1, 0.15) is 94.5 Å². The van der Waals surface area contributed by atoms with Gasteiger partial charge in [-0.25, -0.2) is 8.78 Å². The number of fused-ring (bicyclic) bond motifs is 4. The van der Waals surface area contributed by atoms with Crippen LogP contribution in [0.15, 0.2) is 59.6 Å². The summed E-state index contributed by atoms with van der Waals surface area (Å²) >= 11 is 1.79. The number of benzene rings is 3. The van der Waals surface area contributed by atoms with E-state index in [1.54, 1.807) is 23.5 Å². The zero-order chi connectivity index (χ0) is 38.5. The first-order chi connectivity index (χ1) is 27.0. The molecule has 1 spiro atoms. The third-order valence-electron chi connectivity index (χ3n) is 13.5. The van der Waals surface area contributed by atoms with Gasteiger partial charge in [0.05, 0.1) is 5.71 Å². The Labute approximate surface area is 331 Å². The third kappa shape index (κ3) is 5.95. The van der Waals surface area contributed by atoms with Crippen LogP contribution < -0.4 is 9.80 Å². The number of phenols is 1. The molecular weight excluding hydrogens is 725 g/mol. The van der Waals surface area contributed by atoms with E-state index in [4.69, 9.17) is 4.99 Å². The molecule has 2 aromatic heterocycles. The van der Waals surface area contributed by atoms with Gasteiger partial charge in [0.2, 0.25) is 0 Å². The fourth-order valence-corrected chi connectivity index (χ4v) is 11.8. The van der Waals surface area contributed by atoms with Crippen LogP contribution in [0.25, 0.3) is 5.00 Å². The highest BCUT2D eigenvalue weighted by Gasteiger charge is 2.52. The van der Waals surface area contributed by atoms with E-state index in [1.165, 1.54) is 46.7 Å². The van der Waals surface area contributed by atoms with Crippen LogP contribution in [0.5, 0.6) is 5.75 Å². The van der Waals surface area contributed by atoms with Gasteiger partial charge in [0.15, 0.2) is 5.82 Å². The summed E-state index contributed by atoms with van der Waals surface area (Å²) in [6.07, 6.45) is 4.90. The Balaban J connectivity index is 0.731. The van der Waals surface area contributed by atoms with Crippen molar-refractivity contribution in [1.82, 2.24) is 19.7 Å². The van der Waals surface area contributed by atoms with Crippen LogP contribution in [-0.2, 0) is 6.42 Å². The average Bonchev–Trinajstić information content (AvgIpc) is 3.64. The molecule has 290 valence electrons. The first-order valence-electron chi connectivity index (χ1n) is 20.3. The van der Waals surface area contributed by atoms with E-state index in [1.807, 2.05) is 13.0 Å². The molecule has 3 aromatic carbocycles. The smallest absolute Gasteiger partial charge is 0.162 e. The molecule has 1 N–H and O–H groups in total. The van der Waals surface area contributed by atoms with Gasteiger partial charge >= 0.3 is 0 Å². The lowest BCUT2D eigenvalue weighted by atomic mass is 9.57. The van der Waals surface area contributed by atoms with Crippen molar-refractivity contribution in [3.63, 3.8) is 0 Å². The van der Waals surface area contributed by atoms with Gasteiger partial charge in [-0.3, -0.25) is 14.5 Å². The molecule has 5 aliphatic rings. The summed E-state index contributed by atoms with van der Waals surface area (Å²) < 4.78 is 33.5. The number of nitrogens with zero attached hydrogens (tertiary/aromatic N) is 7. The minimum Gasteiger partial charge on any atom is -0.508 e. The number of halogens is 2. The van der Waals surface area contributed by atoms with Gasteiger partial charge in [-0.2, -0.15) is 0 Å². The van der Waals surface area contributed by atoms with E-state index in [0.717, 1.165) is 97.7 Å². The van der Waals surface area contributed by atoms with Crippen molar-refractivity contribution in [2.75, 3.05) is 55.6 Å². The van der Waals surface area contributed by atoms with Gasteiger partial charge in [0.25, 0.3) is 0 Å². The summed E-state index contributed by atoms with van der Waals surface area (Å²) in [5.41, 5.74) is 9.05. The second-order valence-electron chi connectivity index (χ2n) is 17.2. The minimum atomic E-state index is -0.466. The fourth-order valence-electron chi connectivity index (χ4n) is 10.5. The normalized spacial score (nSPS) is 21.9. The first kappa shape index (κ1) is 35.8. The van der Waals surface area contributed by atoms with Crippen LogP contribution in [0.3, 0.4) is 0 Å². The monoisotopic (exact) mass is 773 g/mol. The van der Waals surface area contributed by atoms with E-state index < -0.39 is 11.6 Å². The van der Waals surface area contributed by atoms with E-state index in [-0.39, 0.29) is 23.3 Å². The Morgan fingerprint density at radius 1 is 0.875 bits per heavy atom. The number of aliphatic imine (C=N–C) groups is 1. The molecule has 5 aromatic rings. The van der Waals surface area contributed by atoms with Crippen molar-refractivity contribution in [1.29, 1.82) is 0 Å². The van der Waals surface area contributed by atoms with Gasteiger partial charge in [0.1, 0.15) is 34.3 Å². The van der Waals surface area contributed by atoms with Crippen molar-refractivity contribution in [3.05, 3.63) is 116 Å². The van der Waals surface area contributed by atoms with E-state index in [9.17, 15) is 5.11 Å². The SMILES string of the molecule is Cc1sc2c(c1C)C(c1ccc(N3CC4(CC(CN5CCN(c6cc(F)c([C@@H]7CCCc8cc(O)ccc87)c(F)c6)CC5)C4)C3)cc1)=N[C@@H](C)c1nnc(C)n1-2. The van der Waals surface area contributed by atoms with E-state index in [0.29, 0.717) is 23.4 Å². The quantitative estimate of drug-likeness (QED) is 0.186. The number of hydrogen-bond acceptors (Lipinski definition) is 8. The minimum absolute atomic E-state index is 0.0913. The molecule has 0 radical (unpaired) electrons. The molecule has 3 aliphatic heterocycles. The number of anilines is 2. The first-order valence-corrected chi connectivity index (χ1v) is 21.1. The van der Waals surface area contributed by atoms with Crippen molar-refractivity contribution < 1.29 is 13.9 Å². The molecule has 0 unspecified atom stereocenters. The number of aromatic nitrogens is 3. The number of piperazine rings is 1. The predicted octanol–water partition coefficient (Wildman–Crippen LogP) is 8.66. The lowest BCUT2D eigenvalue weighted by Crippen LogP contribution is -2.64. The highest BCUT2D eigenvalue weighted by Crippen LogP contribution is 2.53. The van der Waals surface area contributed by atoms with Crippen molar-refractivity contribution in [2.45, 2.75) is 71.8 Å². The summed E-state index contributed by atoms with van der Waals surface area (Å²) in [6, 6.07) is 17.2. The highest BCUT2D eigenvalue weighted by atomic mass is 32.1. The fraction of sp³-hybridized carbons (Fsp3) is 0.444. The zero-order valence-electron chi connectivity index (χ0n) is 32.7. The molecule has 2 atom stereocenters. The van der Waals surface area contributed by atoms with Crippen molar-refractivity contribution >= 4 is 28.4 Å². The topological polar surface area (TPSA) is 73.0 Å². The average molecular weight is 774 g/mol. The lowest BCUT2D eigenvalue weighted by Gasteiger charge is -2.60. The molecular formula is C45H49F2N7OS.